The van der Waals surface area contributed by atoms with Gasteiger partial charge in [-0.1, -0.05) is 13.8 Å². The van der Waals surface area contributed by atoms with E-state index in [1.807, 2.05) is 0 Å². The first-order chi connectivity index (χ1) is 7.84. The van der Waals surface area contributed by atoms with E-state index in [2.05, 4.69) is 0 Å². The van der Waals surface area contributed by atoms with Crippen LogP contribution in [0.5, 0.6) is 0 Å². The Kier molecular flexibility index (Phi) is 6.16. The fourth-order valence-corrected chi connectivity index (χ4v) is 1.66. The van der Waals surface area contributed by atoms with Crippen molar-refractivity contribution in [3.8, 4) is 0 Å². The molecule has 0 fully saturated rings. The van der Waals surface area contributed by atoms with Crippen molar-refractivity contribution in [1.29, 1.82) is 0 Å². The summed E-state index contributed by atoms with van der Waals surface area (Å²) in [6, 6.07) is -0.289. The summed E-state index contributed by atoms with van der Waals surface area (Å²) in [5, 5.41) is 18.2. The van der Waals surface area contributed by atoms with Gasteiger partial charge in [-0.3, -0.25) is 9.59 Å². The third-order valence-electron chi connectivity index (χ3n) is 3.62. The summed E-state index contributed by atoms with van der Waals surface area (Å²) in [6.45, 7) is 5.15. The van der Waals surface area contributed by atoms with Gasteiger partial charge < -0.3 is 15.1 Å². The van der Waals surface area contributed by atoms with Crippen molar-refractivity contribution in [2.75, 3.05) is 13.7 Å². The van der Waals surface area contributed by atoms with Gasteiger partial charge in [0.05, 0.1) is 18.1 Å². The molecule has 0 radical (unpaired) electrons. The molecule has 5 heteroatoms. The Morgan fingerprint density at radius 1 is 1.29 bits per heavy atom. The number of carboxylic acids is 1. The largest absolute Gasteiger partial charge is 0.481 e. The van der Waals surface area contributed by atoms with Crippen molar-refractivity contribution < 1.29 is 19.8 Å². The summed E-state index contributed by atoms with van der Waals surface area (Å²) in [5.74, 6) is -1.17. The molecule has 0 aromatic heterocycles. The van der Waals surface area contributed by atoms with Gasteiger partial charge in [-0.25, -0.2) is 0 Å². The van der Waals surface area contributed by atoms with E-state index in [9.17, 15) is 14.7 Å². The number of hydrogen-bond donors (Lipinski definition) is 2. The predicted molar refractivity (Wildman–Crippen MR) is 64.6 cm³/mol. The van der Waals surface area contributed by atoms with Crippen molar-refractivity contribution >= 4 is 11.9 Å². The predicted octanol–water partition coefficient (Wildman–Crippen LogP) is 1.11. The van der Waals surface area contributed by atoms with Gasteiger partial charge >= 0.3 is 5.97 Å². The smallest absolute Gasteiger partial charge is 0.310 e. The summed E-state index contributed by atoms with van der Waals surface area (Å²) < 4.78 is 0. The standard InChI is InChI=1S/C12H23NO4/c1-5-12(6-2,11(16)17)7-10(15)13(4)9(3)8-14/h9,14H,5-8H2,1-4H3,(H,16,17). The SMILES string of the molecule is CCC(CC)(CC(=O)N(C)C(C)CO)C(=O)O. The van der Waals surface area contributed by atoms with Crippen LogP contribution in [-0.2, 0) is 9.59 Å². The van der Waals surface area contributed by atoms with Crippen molar-refractivity contribution in [2.45, 2.75) is 46.1 Å². The summed E-state index contributed by atoms with van der Waals surface area (Å²) in [4.78, 5) is 24.6. The van der Waals surface area contributed by atoms with Crippen molar-refractivity contribution in [3.05, 3.63) is 0 Å². The van der Waals surface area contributed by atoms with Crippen LogP contribution in [0.4, 0.5) is 0 Å². The maximum Gasteiger partial charge on any atom is 0.310 e. The number of carboxylic acid groups (broad SMARTS) is 1. The van der Waals surface area contributed by atoms with Crippen LogP contribution in [0.15, 0.2) is 0 Å². The lowest BCUT2D eigenvalue weighted by Gasteiger charge is -2.30. The van der Waals surface area contributed by atoms with E-state index in [1.165, 1.54) is 4.90 Å². The van der Waals surface area contributed by atoms with E-state index < -0.39 is 11.4 Å². The number of rotatable bonds is 7. The second-order valence-electron chi connectivity index (χ2n) is 4.51. The Morgan fingerprint density at radius 2 is 1.76 bits per heavy atom. The Morgan fingerprint density at radius 3 is 2.06 bits per heavy atom. The van der Waals surface area contributed by atoms with Crippen LogP contribution < -0.4 is 0 Å². The van der Waals surface area contributed by atoms with Crippen LogP contribution in [0.3, 0.4) is 0 Å². The van der Waals surface area contributed by atoms with E-state index >= 15 is 0 Å². The van der Waals surface area contributed by atoms with E-state index in [0.717, 1.165) is 0 Å². The lowest BCUT2D eigenvalue weighted by molar-refractivity contribution is -0.154. The zero-order valence-electron chi connectivity index (χ0n) is 11.1. The highest BCUT2D eigenvalue weighted by Crippen LogP contribution is 2.31. The molecule has 0 aliphatic rings. The van der Waals surface area contributed by atoms with E-state index in [0.29, 0.717) is 12.8 Å². The minimum absolute atomic E-state index is 0.0177. The van der Waals surface area contributed by atoms with E-state index in [4.69, 9.17) is 5.11 Å². The molecule has 0 saturated carbocycles. The Labute approximate surface area is 102 Å². The first kappa shape index (κ1) is 15.9. The highest BCUT2D eigenvalue weighted by Gasteiger charge is 2.38. The minimum Gasteiger partial charge on any atom is -0.481 e. The highest BCUT2D eigenvalue weighted by atomic mass is 16.4. The van der Waals surface area contributed by atoms with Gasteiger partial charge in [0.1, 0.15) is 0 Å². The Hall–Kier alpha value is -1.10. The van der Waals surface area contributed by atoms with Gasteiger partial charge in [-0.2, -0.15) is 0 Å². The number of aliphatic hydroxyl groups is 1. The third kappa shape index (κ3) is 3.70. The molecule has 0 saturated heterocycles. The van der Waals surface area contributed by atoms with Crippen molar-refractivity contribution in [3.63, 3.8) is 0 Å². The minimum atomic E-state index is -0.986. The average Bonchev–Trinajstić information content (AvgIpc) is 2.33. The van der Waals surface area contributed by atoms with Gasteiger partial charge in [0, 0.05) is 13.5 Å². The fraction of sp³-hybridized carbons (Fsp3) is 0.833. The molecule has 2 N–H and O–H groups in total. The summed E-state index contributed by atoms with van der Waals surface area (Å²) >= 11 is 0. The van der Waals surface area contributed by atoms with Gasteiger partial charge in [-0.15, -0.1) is 0 Å². The molecule has 1 unspecified atom stereocenters. The molecule has 0 aliphatic carbocycles. The van der Waals surface area contributed by atoms with Crippen LogP contribution in [0.2, 0.25) is 0 Å². The quantitative estimate of drug-likeness (QED) is 0.704. The fourth-order valence-electron chi connectivity index (χ4n) is 1.66. The molecule has 1 atom stereocenters. The van der Waals surface area contributed by atoms with Crippen molar-refractivity contribution in [2.24, 2.45) is 5.41 Å². The number of carbonyl (C=O) groups is 2. The van der Waals surface area contributed by atoms with Crippen LogP contribution in [-0.4, -0.2) is 46.7 Å². The number of aliphatic hydroxyl groups excluding tert-OH is 1. The molecule has 5 nitrogen and oxygen atoms in total. The number of carbonyl (C=O) groups excluding carboxylic acids is 1. The normalized spacial score (nSPS) is 13.2. The number of hydrogen-bond acceptors (Lipinski definition) is 3. The first-order valence-corrected chi connectivity index (χ1v) is 5.94. The molecule has 1 amide bonds. The number of aliphatic carboxylic acids is 1. The second-order valence-corrected chi connectivity index (χ2v) is 4.51. The molecule has 0 rings (SSSR count). The van der Waals surface area contributed by atoms with Gasteiger partial charge in [0.2, 0.25) is 5.91 Å². The zero-order chi connectivity index (χ0) is 13.6. The molecule has 0 spiro atoms. The van der Waals surface area contributed by atoms with Crippen LogP contribution in [0, 0.1) is 5.41 Å². The van der Waals surface area contributed by atoms with E-state index in [1.54, 1.807) is 27.8 Å². The topological polar surface area (TPSA) is 77.8 Å². The summed E-state index contributed by atoms with van der Waals surface area (Å²) in [5.41, 5.74) is -0.986. The highest BCUT2D eigenvalue weighted by molar-refractivity contribution is 5.85. The molecule has 0 aliphatic heterocycles. The molecular formula is C12H23NO4. The lowest BCUT2D eigenvalue weighted by Crippen LogP contribution is -2.42. The maximum absolute atomic E-state index is 11.9. The monoisotopic (exact) mass is 245 g/mol. The van der Waals surface area contributed by atoms with Gasteiger partial charge in [0.25, 0.3) is 0 Å². The second kappa shape index (κ2) is 6.59. The molecule has 0 aromatic carbocycles. The van der Waals surface area contributed by atoms with Gasteiger partial charge in [0.15, 0.2) is 0 Å². The third-order valence-corrected chi connectivity index (χ3v) is 3.62. The Bertz CT molecular complexity index is 274. The molecule has 0 heterocycles. The Balaban J connectivity index is 4.79. The molecule has 17 heavy (non-hydrogen) atoms. The summed E-state index contributed by atoms with van der Waals surface area (Å²) in [7, 11) is 1.58. The van der Waals surface area contributed by atoms with Crippen LogP contribution in [0.25, 0.3) is 0 Å². The number of amides is 1. The van der Waals surface area contributed by atoms with Crippen LogP contribution in [0.1, 0.15) is 40.0 Å². The lowest BCUT2D eigenvalue weighted by atomic mass is 9.79. The zero-order valence-corrected chi connectivity index (χ0v) is 11.1. The number of nitrogens with zero attached hydrogens (tertiary/aromatic N) is 1. The first-order valence-electron chi connectivity index (χ1n) is 5.94. The van der Waals surface area contributed by atoms with Crippen molar-refractivity contribution in [1.82, 2.24) is 4.90 Å². The van der Waals surface area contributed by atoms with Gasteiger partial charge in [-0.05, 0) is 19.8 Å². The molecule has 100 valence electrons. The van der Waals surface area contributed by atoms with E-state index in [-0.39, 0.29) is 25.0 Å². The average molecular weight is 245 g/mol. The molecule has 0 aromatic rings. The maximum atomic E-state index is 11.9. The van der Waals surface area contributed by atoms with Crippen LogP contribution >= 0.6 is 0 Å². The summed E-state index contributed by atoms with van der Waals surface area (Å²) in [6.07, 6.45) is 0.827. The number of likely N-dealkylation sites (N-methyl/N-ethyl adjacent to an activating group) is 1. The molecule has 0 bridgehead atoms. The molecular weight excluding hydrogens is 222 g/mol.